The van der Waals surface area contributed by atoms with Crippen molar-refractivity contribution in [2.75, 3.05) is 0 Å². The van der Waals surface area contributed by atoms with Gasteiger partial charge in [0, 0.05) is 0 Å². The van der Waals surface area contributed by atoms with E-state index in [-0.39, 0.29) is 93.8 Å². The molecule has 0 amide bonds. The Morgan fingerprint density at radius 3 is 0.714 bits per heavy atom. The van der Waals surface area contributed by atoms with Gasteiger partial charge in [0.2, 0.25) is 0 Å². The zero-order chi connectivity index (χ0) is 4.50. The molecular formula is O4SiYb2. The average Bonchev–Trinajstić information content (AvgIpc) is 0.722. The molecule has 0 aliphatic carbocycles. The van der Waals surface area contributed by atoms with Crippen LogP contribution in [0.3, 0.4) is 0 Å². The fraction of sp³-hybridized carbons (Fsp3) is 0. The van der Waals surface area contributed by atoms with Gasteiger partial charge in [-0.3, -0.25) is 0 Å². The van der Waals surface area contributed by atoms with E-state index in [4.69, 9.17) is 19.2 Å². The van der Waals surface area contributed by atoms with Crippen LogP contribution >= 0.6 is 0 Å². The van der Waals surface area contributed by atoms with Crippen molar-refractivity contribution in [2.24, 2.45) is 0 Å². The fourth-order valence-corrected chi connectivity index (χ4v) is 0. The van der Waals surface area contributed by atoms with Crippen molar-refractivity contribution in [2.45, 2.75) is 0 Å². The quantitative estimate of drug-likeness (QED) is 0.354. The summed E-state index contributed by atoms with van der Waals surface area (Å²) < 4.78 is 0. The van der Waals surface area contributed by atoms with Gasteiger partial charge in [-0.2, -0.15) is 0 Å². The summed E-state index contributed by atoms with van der Waals surface area (Å²) in [6, 6.07) is 0. The van der Waals surface area contributed by atoms with Gasteiger partial charge in [-0.25, -0.2) is 0 Å². The molecule has 0 aromatic heterocycles. The predicted octanol–water partition coefficient (Wildman–Crippen LogP) is -5.14. The van der Waals surface area contributed by atoms with Crippen molar-refractivity contribution in [1.82, 2.24) is 0 Å². The van der Waals surface area contributed by atoms with E-state index in [0.29, 0.717) is 0 Å². The number of rotatable bonds is 0. The Morgan fingerprint density at radius 2 is 0.714 bits per heavy atom. The molecule has 0 saturated heterocycles. The topological polar surface area (TPSA) is 92.2 Å². The molecule has 7 heteroatoms. The first kappa shape index (κ1) is 16.6. The third-order valence-electron chi connectivity index (χ3n) is 0. The summed E-state index contributed by atoms with van der Waals surface area (Å²) in [4.78, 5) is 34.3. The van der Waals surface area contributed by atoms with Crippen LogP contribution in [0.1, 0.15) is 0 Å². The molecule has 0 N–H and O–H groups in total. The van der Waals surface area contributed by atoms with Crippen molar-refractivity contribution in [1.29, 1.82) is 0 Å². The standard InChI is InChI=1S/O4Si.2Yb/c1-5(2,3)4;;/q-4;2*+2. The minimum atomic E-state index is -5.61. The Balaban J connectivity index is -0.0000000800. The summed E-state index contributed by atoms with van der Waals surface area (Å²) in [5.74, 6) is 0. The van der Waals surface area contributed by atoms with Crippen molar-refractivity contribution in [3.05, 3.63) is 0 Å². The molecule has 0 aromatic carbocycles. The zero-order valence-corrected chi connectivity index (χ0v) is 7.10. The van der Waals surface area contributed by atoms with Crippen LogP contribution in [-0.2, 0) is 0 Å². The van der Waals surface area contributed by atoms with Gasteiger partial charge >= 0.3 is 93.8 Å². The SMILES string of the molecule is [O-][Si]([O-])([O-])[O-].[Yb+2].[Yb+2]. The molecule has 56 valence electrons. The normalized spacial score (nSPS) is 8.57. The van der Waals surface area contributed by atoms with Gasteiger partial charge in [-0.1, -0.05) is 0 Å². The van der Waals surface area contributed by atoms with E-state index in [0.717, 1.165) is 0 Å². The van der Waals surface area contributed by atoms with E-state index in [1.165, 1.54) is 0 Å². The molecule has 0 spiro atoms. The number of hydrogen-bond acceptors (Lipinski definition) is 4. The second kappa shape index (κ2) is 7.21. The van der Waals surface area contributed by atoms with Crippen LogP contribution in [0, 0.1) is 93.8 Å². The summed E-state index contributed by atoms with van der Waals surface area (Å²) in [6.45, 7) is 0. The van der Waals surface area contributed by atoms with Gasteiger partial charge in [-0.15, -0.1) is 0 Å². The summed E-state index contributed by atoms with van der Waals surface area (Å²) in [5, 5.41) is 0. The van der Waals surface area contributed by atoms with Gasteiger partial charge in [-0.05, 0) is 0 Å². The smallest absolute Gasteiger partial charge is 0.894 e. The predicted molar refractivity (Wildman–Crippen MR) is 5.75 cm³/mol. The monoisotopic (exact) mass is 440 g/mol. The summed E-state index contributed by atoms with van der Waals surface area (Å²) in [7, 11) is -5.61. The van der Waals surface area contributed by atoms with Crippen LogP contribution in [0.4, 0.5) is 0 Å². The second-order valence-electron chi connectivity index (χ2n) is 0.500. The first-order valence-electron chi connectivity index (χ1n) is 0.816. The van der Waals surface area contributed by atoms with Gasteiger partial charge in [0.1, 0.15) is 0 Å². The van der Waals surface area contributed by atoms with Crippen LogP contribution in [0.25, 0.3) is 0 Å². The van der Waals surface area contributed by atoms with E-state index in [1.807, 2.05) is 0 Å². The van der Waals surface area contributed by atoms with Crippen LogP contribution in [0.15, 0.2) is 0 Å². The molecule has 7 heavy (non-hydrogen) atoms. The Kier molecular flexibility index (Phi) is 17.1. The molecule has 0 saturated carbocycles. The summed E-state index contributed by atoms with van der Waals surface area (Å²) >= 11 is 0. The molecule has 0 radical (unpaired) electrons. The van der Waals surface area contributed by atoms with E-state index in [9.17, 15) is 0 Å². The summed E-state index contributed by atoms with van der Waals surface area (Å²) in [6.07, 6.45) is 0. The zero-order valence-electron chi connectivity index (χ0n) is 2.67. The maximum absolute atomic E-state index is 8.58. The van der Waals surface area contributed by atoms with Crippen molar-refractivity contribution < 1.29 is 113 Å². The van der Waals surface area contributed by atoms with Gasteiger partial charge in [0.25, 0.3) is 0 Å². The molecule has 0 unspecified atom stereocenters. The third-order valence-corrected chi connectivity index (χ3v) is 0. The Bertz CT molecular complexity index is 25.2. The average molecular weight is 438 g/mol. The third kappa shape index (κ3) is 47.8. The molecule has 0 rings (SSSR count). The number of hydrogen-bond donors (Lipinski definition) is 0. The van der Waals surface area contributed by atoms with Gasteiger partial charge in [0.05, 0.1) is 0 Å². The molecule has 0 fully saturated rings. The van der Waals surface area contributed by atoms with Crippen LogP contribution in [-0.4, -0.2) is 9.05 Å². The molecule has 0 aliphatic heterocycles. The largest absolute Gasteiger partial charge is 2.00 e. The van der Waals surface area contributed by atoms with Crippen LogP contribution < -0.4 is 19.2 Å². The minimum Gasteiger partial charge on any atom is -0.894 e. The Labute approximate surface area is 119 Å². The van der Waals surface area contributed by atoms with E-state index in [2.05, 4.69) is 0 Å². The molecule has 4 nitrogen and oxygen atoms in total. The first-order chi connectivity index (χ1) is 2.00. The van der Waals surface area contributed by atoms with Crippen LogP contribution in [0.5, 0.6) is 0 Å². The molecule has 0 aromatic rings. The summed E-state index contributed by atoms with van der Waals surface area (Å²) in [5.41, 5.74) is 0. The molecule has 0 aliphatic rings. The van der Waals surface area contributed by atoms with Gasteiger partial charge in [0.15, 0.2) is 0 Å². The molecule has 0 heterocycles. The Morgan fingerprint density at radius 1 is 0.714 bits per heavy atom. The molecular weight excluding hydrogens is 438 g/mol. The van der Waals surface area contributed by atoms with Crippen LogP contribution in [0.2, 0.25) is 0 Å². The Hall–Kier alpha value is 3.10. The first-order valence-corrected chi connectivity index (χ1v) is 2.45. The van der Waals surface area contributed by atoms with Crippen molar-refractivity contribution in [3.63, 3.8) is 0 Å². The minimum absolute atomic E-state index is 0. The van der Waals surface area contributed by atoms with E-state index >= 15 is 0 Å². The van der Waals surface area contributed by atoms with E-state index < -0.39 is 9.05 Å². The maximum Gasteiger partial charge on any atom is 2.00 e. The molecule has 0 atom stereocenters. The van der Waals surface area contributed by atoms with E-state index in [1.54, 1.807) is 0 Å². The molecule has 0 bridgehead atoms. The second-order valence-corrected chi connectivity index (χ2v) is 1.50. The fourth-order valence-electron chi connectivity index (χ4n) is 0. The maximum atomic E-state index is 8.58. The van der Waals surface area contributed by atoms with Crippen molar-refractivity contribution >= 4 is 9.05 Å². The van der Waals surface area contributed by atoms with Crippen molar-refractivity contribution in [3.8, 4) is 0 Å². The van der Waals surface area contributed by atoms with Gasteiger partial charge < -0.3 is 28.2 Å².